The molecule has 2 fully saturated rings. The molecule has 0 aromatic carbocycles. The monoisotopic (exact) mass is 289 g/mol. The molecule has 2 aliphatic rings. The van der Waals surface area contributed by atoms with Gasteiger partial charge in [-0.05, 0) is 25.7 Å². The highest BCUT2D eigenvalue weighted by atomic mass is 16.5. The number of aromatic amines is 1. The summed E-state index contributed by atoms with van der Waals surface area (Å²) >= 11 is 0. The molecule has 4 rings (SSSR count). The molecule has 0 atom stereocenters. The largest absolute Gasteiger partial charge is 0.381 e. The second-order valence-corrected chi connectivity index (χ2v) is 6.06. The predicted molar refractivity (Wildman–Crippen MR) is 76.4 cm³/mol. The van der Waals surface area contributed by atoms with Gasteiger partial charge in [-0.1, -0.05) is 18.0 Å². The Morgan fingerprint density at radius 2 is 1.81 bits per heavy atom. The van der Waals surface area contributed by atoms with Gasteiger partial charge >= 0.3 is 0 Å². The normalized spacial score (nSPS) is 21.3. The summed E-state index contributed by atoms with van der Waals surface area (Å²) in [6.07, 6.45) is 6.46. The standard InChI is InChI=1S/C15H19N3O3/c19-15-13-12(11(18-21-13)9-3-1-2-4-9)16-14(17-15)10-5-7-20-8-6-10/h9-10H,1-8H2,(H,16,17,19). The van der Waals surface area contributed by atoms with Gasteiger partial charge < -0.3 is 14.2 Å². The molecule has 21 heavy (non-hydrogen) atoms. The van der Waals surface area contributed by atoms with Crippen molar-refractivity contribution in [3.63, 3.8) is 0 Å². The zero-order valence-electron chi connectivity index (χ0n) is 11.9. The van der Waals surface area contributed by atoms with Gasteiger partial charge in [-0.15, -0.1) is 0 Å². The number of nitrogens with zero attached hydrogens (tertiary/aromatic N) is 2. The summed E-state index contributed by atoms with van der Waals surface area (Å²) in [5.74, 6) is 1.42. The second-order valence-electron chi connectivity index (χ2n) is 6.06. The van der Waals surface area contributed by atoms with E-state index in [0.717, 1.165) is 50.4 Å². The Kier molecular flexibility index (Phi) is 3.25. The molecule has 0 amide bonds. The van der Waals surface area contributed by atoms with Crippen LogP contribution >= 0.6 is 0 Å². The number of hydrogen-bond acceptors (Lipinski definition) is 5. The molecule has 1 aliphatic heterocycles. The first-order chi connectivity index (χ1) is 10.3. The zero-order valence-corrected chi connectivity index (χ0v) is 11.9. The first kappa shape index (κ1) is 13.0. The number of hydrogen-bond donors (Lipinski definition) is 1. The average molecular weight is 289 g/mol. The van der Waals surface area contributed by atoms with E-state index in [1.54, 1.807) is 0 Å². The summed E-state index contributed by atoms with van der Waals surface area (Å²) in [5, 5.41) is 4.14. The lowest BCUT2D eigenvalue weighted by atomic mass is 9.99. The summed E-state index contributed by atoms with van der Waals surface area (Å²) in [5.41, 5.74) is 1.61. The molecular formula is C15H19N3O3. The predicted octanol–water partition coefficient (Wildman–Crippen LogP) is 2.46. The van der Waals surface area contributed by atoms with Gasteiger partial charge in [0.05, 0.1) is 0 Å². The Labute approximate surface area is 121 Å². The molecule has 1 aliphatic carbocycles. The molecule has 1 saturated carbocycles. The third kappa shape index (κ3) is 2.27. The summed E-state index contributed by atoms with van der Waals surface area (Å²) in [6, 6.07) is 0. The summed E-state index contributed by atoms with van der Waals surface area (Å²) in [6.45, 7) is 1.46. The van der Waals surface area contributed by atoms with Gasteiger partial charge in [-0.3, -0.25) is 4.79 Å². The van der Waals surface area contributed by atoms with Crippen LogP contribution < -0.4 is 5.56 Å². The van der Waals surface area contributed by atoms with Crippen molar-refractivity contribution in [3.05, 3.63) is 21.9 Å². The summed E-state index contributed by atoms with van der Waals surface area (Å²) in [7, 11) is 0. The molecule has 2 aromatic heterocycles. The van der Waals surface area contributed by atoms with Crippen LogP contribution in [-0.2, 0) is 4.74 Å². The van der Waals surface area contributed by atoms with Crippen LogP contribution in [0, 0.1) is 0 Å². The van der Waals surface area contributed by atoms with Crippen molar-refractivity contribution < 1.29 is 9.26 Å². The van der Waals surface area contributed by atoms with Crippen molar-refractivity contribution in [3.8, 4) is 0 Å². The molecule has 1 saturated heterocycles. The van der Waals surface area contributed by atoms with Crippen LogP contribution in [0.25, 0.3) is 11.1 Å². The van der Waals surface area contributed by atoms with E-state index in [4.69, 9.17) is 14.2 Å². The van der Waals surface area contributed by atoms with E-state index in [2.05, 4.69) is 10.1 Å². The Hall–Kier alpha value is -1.69. The van der Waals surface area contributed by atoms with Gasteiger partial charge in [-0.25, -0.2) is 4.98 Å². The lowest BCUT2D eigenvalue weighted by molar-refractivity contribution is 0.0836. The topological polar surface area (TPSA) is 81.0 Å². The van der Waals surface area contributed by atoms with Crippen LogP contribution in [0.2, 0.25) is 0 Å². The third-order valence-corrected chi connectivity index (χ3v) is 4.72. The van der Waals surface area contributed by atoms with E-state index in [1.807, 2.05) is 0 Å². The molecule has 0 spiro atoms. The summed E-state index contributed by atoms with van der Waals surface area (Å²) in [4.78, 5) is 19.8. The van der Waals surface area contributed by atoms with Crippen molar-refractivity contribution >= 4 is 11.1 Å². The van der Waals surface area contributed by atoms with E-state index in [0.29, 0.717) is 11.4 Å². The fraction of sp³-hybridized carbons (Fsp3) is 0.667. The van der Waals surface area contributed by atoms with Gasteiger partial charge in [0.2, 0.25) is 5.58 Å². The van der Waals surface area contributed by atoms with E-state index in [9.17, 15) is 4.79 Å². The van der Waals surface area contributed by atoms with E-state index in [1.165, 1.54) is 12.8 Å². The Bertz CT molecular complexity index is 694. The van der Waals surface area contributed by atoms with Crippen LogP contribution in [0.3, 0.4) is 0 Å². The fourth-order valence-corrected chi connectivity index (χ4v) is 3.51. The number of fused-ring (bicyclic) bond motifs is 1. The van der Waals surface area contributed by atoms with Crippen molar-refractivity contribution in [1.82, 2.24) is 15.1 Å². The molecule has 0 unspecified atom stereocenters. The Morgan fingerprint density at radius 1 is 1.05 bits per heavy atom. The highest BCUT2D eigenvalue weighted by molar-refractivity contribution is 5.74. The minimum absolute atomic E-state index is 0.210. The van der Waals surface area contributed by atoms with Gasteiger partial charge in [-0.2, -0.15) is 0 Å². The number of rotatable bonds is 2. The molecule has 6 nitrogen and oxygen atoms in total. The molecular weight excluding hydrogens is 270 g/mol. The van der Waals surface area contributed by atoms with Crippen LogP contribution in [0.1, 0.15) is 61.9 Å². The molecule has 112 valence electrons. The van der Waals surface area contributed by atoms with Gasteiger partial charge in [0.15, 0.2) is 0 Å². The first-order valence-corrected chi connectivity index (χ1v) is 7.80. The SMILES string of the molecule is O=c1[nH]c(C2CCOCC2)nc2c(C3CCCC3)noc12. The molecule has 0 radical (unpaired) electrons. The van der Waals surface area contributed by atoms with E-state index < -0.39 is 0 Å². The number of ether oxygens (including phenoxy) is 1. The van der Waals surface area contributed by atoms with Crippen LogP contribution in [0.5, 0.6) is 0 Å². The van der Waals surface area contributed by atoms with Crippen molar-refractivity contribution in [2.75, 3.05) is 13.2 Å². The Balaban J connectivity index is 1.79. The van der Waals surface area contributed by atoms with Crippen molar-refractivity contribution in [2.45, 2.75) is 50.4 Å². The number of nitrogens with one attached hydrogen (secondary N) is 1. The highest BCUT2D eigenvalue weighted by Gasteiger charge is 2.27. The average Bonchev–Trinajstić information content (AvgIpc) is 3.16. The molecule has 6 heteroatoms. The summed E-state index contributed by atoms with van der Waals surface area (Å²) < 4.78 is 10.6. The van der Waals surface area contributed by atoms with E-state index in [-0.39, 0.29) is 17.1 Å². The minimum Gasteiger partial charge on any atom is -0.381 e. The first-order valence-electron chi connectivity index (χ1n) is 7.80. The lowest BCUT2D eigenvalue weighted by Gasteiger charge is -2.20. The molecule has 1 N–H and O–H groups in total. The number of H-pyrrole nitrogens is 1. The van der Waals surface area contributed by atoms with Gasteiger partial charge in [0.25, 0.3) is 5.56 Å². The number of aromatic nitrogens is 3. The maximum atomic E-state index is 12.2. The van der Waals surface area contributed by atoms with Gasteiger partial charge in [0, 0.05) is 25.0 Å². The van der Waals surface area contributed by atoms with Crippen molar-refractivity contribution in [2.24, 2.45) is 0 Å². The van der Waals surface area contributed by atoms with Crippen LogP contribution in [0.4, 0.5) is 0 Å². The highest BCUT2D eigenvalue weighted by Crippen LogP contribution is 2.36. The van der Waals surface area contributed by atoms with Crippen LogP contribution in [-0.4, -0.2) is 28.3 Å². The second kappa shape index (κ2) is 5.26. The quantitative estimate of drug-likeness (QED) is 0.918. The molecule has 0 bridgehead atoms. The minimum atomic E-state index is -0.210. The maximum absolute atomic E-state index is 12.2. The van der Waals surface area contributed by atoms with Crippen LogP contribution in [0.15, 0.2) is 9.32 Å². The zero-order chi connectivity index (χ0) is 14.2. The maximum Gasteiger partial charge on any atom is 0.297 e. The third-order valence-electron chi connectivity index (χ3n) is 4.72. The lowest BCUT2D eigenvalue weighted by Crippen LogP contribution is -2.20. The smallest absolute Gasteiger partial charge is 0.297 e. The van der Waals surface area contributed by atoms with Gasteiger partial charge in [0.1, 0.15) is 17.0 Å². The molecule has 3 heterocycles. The Morgan fingerprint density at radius 3 is 2.57 bits per heavy atom. The fourth-order valence-electron chi connectivity index (χ4n) is 3.51. The molecule has 2 aromatic rings. The van der Waals surface area contributed by atoms with E-state index >= 15 is 0 Å². The van der Waals surface area contributed by atoms with Crippen molar-refractivity contribution in [1.29, 1.82) is 0 Å².